The van der Waals surface area contributed by atoms with Crippen LogP contribution in [0.1, 0.15) is 42.5 Å². The maximum Gasteiger partial charge on any atom is 0.407 e. The van der Waals surface area contributed by atoms with Crippen LogP contribution in [-0.4, -0.2) is 46.5 Å². The number of likely N-dealkylation sites (tertiary alicyclic amines) is 1. The quantitative estimate of drug-likeness (QED) is 0.666. The van der Waals surface area contributed by atoms with Crippen molar-refractivity contribution in [3.63, 3.8) is 0 Å². The molecule has 158 valence electrons. The van der Waals surface area contributed by atoms with Crippen LogP contribution < -0.4 is 4.74 Å². The minimum atomic E-state index is -0.829. The Kier molecular flexibility index (Phi) is 6.32. The van der Waals surface area contributed by atoms with E-state index in [0.717, 1.165) is 22.4 Å². The predicted molar refractivity (Wildman–Crippen MR) is 120 cm³/mol. The third-order valence-corrected chi connectivity index (χ3v) is 7.08. The van der Waals surface area contributed by atoms with E-state index in [9.17, 15) is 4.79 Å². The highest BCUT2D eigenvalue weighted by Crippen LogP contribution is 2.34. The van der Waals surface area contributed by atoms with Crippen molar-refractivity contribution >= 4 is 23.4 Å². The molecular weight excluding hydrogens is 396 g/mol. The molecule has 0 bridgehead atoms. The van der Waals surface area contributed by atoms with E-state index in [0.29, 0.717) is 30.1 Å². The van der Waals surface area contributed by atoms with Crippen molar-refractivity contribution in [3.8, 4) is 5.88 Å². The lowest BCUT2D eigenvalue weighted by molar-refractivity contribution is 0.121. The number of hydrogen-bond donors (Lipinski definition) is 1. The Morgan fingerprint density at radius 1 is 1.17 bits per heavy atom. The van der Waals surface area contributed by atoms with Crippen molar-refractivity contribution in [2.45, 2.75) is 42.8 Å². The van der Waals surface area contributed by atoms with Gasteiger partial charge in [-0.1, -0.05) is 37.1 Å². The molecule has 1 aliphatic carbocycles. The zero-order chi connectivity index (χ0) is 21.1. The number of nitrogens with zero attached hydrogens (tertiary/aromatic N) is 2. The van der Waals surface area contributed by atoms with Crippen LogP contribution in [0.5, 0.6) is 5.88 Å². The molecule has 30 heavy (non-hydrogen) atoms. The summed E-state index contributed by atoms with van der Waals surface area (Å²) in [5, 5.41) is 9.33. The van der Waals surface area contributed by atoms with Crippen LogP contribution in [-0.2, 0) is 0 Å². The lowest BCUT2D eigenvalue weighted by atomic mass is 9.96. The number of allylic oxidation sites excluding steroid dienone is 1. The highest BCUT2D eigenvalue weighted by Gasteiger charge is 2.31. The number of ether oxygens (including phenoxy) is 1. The smallest absolute Gasteiger partial charge is 0.407 e. The molecule has 1 saturated carbocycles. The Morgan fingerprint density at radius 2 is 1.87 bits per heavy atom. The van der Waals surface area contributed by atoms with Gasteiger partial charge >= 0.3 is 6.09 Å². The van der Waals surface area contributed by atoms with E-state index in [2.05, 4.69) is 42.5 Å². The number of methoxy groups -OCH3 is 1. The monoisotopic (exact) mass is 424 g/mol. The topological polar surface area (TPSA) is 62.7 Å². The van der Waals surface area contributed by atoms with Gasteiger partial charge in [0.1, 0.15) is 0 Å². The van der Waals surface area contributed by atoms with Crippen LogP contribution in [0.25, 0.3) is 5.57 Å². The van der Waals surface area contributed by atoms with Gasteiger partial charge in [-0.3, -0.25) is 0 Å². The van der Waals surface area contributed by atoms with Crippen LogP contribution >= 0.6 is 11.8 Å². The summed E-state index contributed by atoms with van der Waals surface area (Å²) in [4.78, 5) is 18.3. The molecule has 2 heterocycles. The summed E-state index contributed by atoms with van der Waals surface area (Å²) in [7, 11) is 1.66. The number of hydrogen-bond acceptors (Lipinski definition) is 4. The average Bonchev–Trinajstić information content (AvgIpc) is 3.23. The predicted octanol–water partition coefficient (Wildman–Crippen LogP) is 5.47. The number of aryl methyl sites for hydroxylation is 1. The van der Waals surface area contributed by atoms with Gasteiger partial charge in [-0.25, -0.2) is 9.78 Å². The number of rotatable bonds is 6. The van der Waals surface area contributed by atoms with Gasteiger partial charge in [0.2, 0.25) is 5.88 Å². The standard InChI is InChI=1S/C24H28N2O3S/c1-16-7-12-22(25-23(16)29-2)21(13-17-5-3-4-6-17)18-8-10-19(11-9-18)30-20-14-26(15-20)24(27)28/h7-13,17,20H,3-6,14-15H2,1-2H3,(H,27,28)/b21-13+. The summed E-state index contributed by atoms with van der Waals surface area (Å²) >= 11 is 1.75. The number of carboxylic acid groups (broad SMARTS) is 1. The van der Waals surface area contributed by atoms with Gasteiger partial charge in [0.15, 0.2) is 0 Å². The lowest BCUT2D eigenvalue weighted by Crippen LogP contribution is -2.51. The van der Waals surface area contributed by atoms with Gasteiger partial charge in [0, 0.05) is 34.4 Å². The van der Waals surface area contributed by atoms with Gasteiger partial charge in [0.25, 0.3) is 0 Å². The molecule has 0 atom stereocenters. The number of aromatic nitrogens is 1. The number of thioether (sulfide) groups is 1. The molecule has 1 aromatic heterocycles. The summed E-state index contributed by atoms with van der Waals surface area (Å²) in [6, 6.07) is 12.7. The summed E-state index contributed by atoms with van der Waals surface area (Å²) in [6.07, 6.45) is 6.63. The van der Waals surface area contributed by atoms with E-state index in [4.69, 9.17) is 14.8 Å². The largest absolute Gasteiger partial charge is 0.481 e. The van der Waals surface area contributed by atoms with Gasteiger partial charge in [0.05, 0.1) is 12.8 Å². The van der Waals surface area contributed by atoms with Crippen molar-refractivity contribution in [3.05, 3.63) is 59.3 Å². The number of carbonyl (C=O) groups is 1. The van der Waals surface area contributed by atoms with Crippen molar-refractivity contribution in [1.82, 2.24) is 9.88 Å². The van der Waals surface area contributed by atoms with Crippen LogP contribution in [0.3, 0.4) is 0 Å². The zero-order valence-electron chi connectivity index (χ0n) is 17.5. The van der Waals surface area contributed by atoms with E-state index >= 15 is 0 Å². The van der Waals surface area contributed by atoms with Gasteiger partial charge < -0.3 is 14.7 Å². The molecule has 4 rings (SSSR count). The van der Waals surface area contributed by atoms with Crippen LogP contribution in [0.4, 0.5) is 4.79 Å². The van der Waals surface area contributed by atoms with Gasteiger partial charge in [-0.05, 0) is 49.4 Å². The molecule has 1 aliphatic heterocycles. The van der Waals surface area contributed by atoms with E-state index < -0.39 is 6.09 Å². The highest BCUT2D eigenvalue weighted by molar-refractivity contribution is 8.00. The van der Waals surface area contributed by atoms with E-state index in [1.54, 1.807) is 18.9 Å². The van der Waals surface area contributed by atoms with Crippen molar-refractivity contribution in [1.29, 1.82) is 0 Å². The molecule has 2 aliphatic rings. The van der Waals surface area contributed by atoms with E-state index in [1.807, 2.05) is 6.92 Å². The lowest BCUT2D eigenvalue weighted by Gasteiger charge is -2.36. The second-order valence-electron chi connectivity index (χ2n) is 8.10. The Morgan fingerprint density at radius 3 is 2.50 bits per heavy atom. The Hall–Kier alpha value is -2.47. The van der Waals surface area contributed by atoms with Crippen LogP contribution in [0.15, 0.2) is 47.4 Å². The maximum absolute atomic E-state index is 10.9. The van der Waals surface area contributed by atoms with Crippen molar-refractivity contribution < 1.29 is 14.6 Å². The Balaban J connectivity index is 1.56. The zero-order valence-corrected chi connectivity index (χ0v) is 18.3. The Labute approximate surface area is 182 Å². The molecule has 5 nitrogen and oxygen atoms in total. The first kappa shape index (κ1) is 20.8. The Bertz CT molecular complexity index is 930. The molecule has 6 heteroatoms. The summed E-state index contributed by atoms with van der Waals surface area (Å²) < 4.78 is 5.46. The average molecular weight is 425 g/mol. The number of pyridine rings is 1. The third kappa shape index (κ3) is 4.64. The fourth-order valence-corrected chi connectivity index (χ4v) is 5.32. The molecule has 1 saturated heterocycles. The first-order valence-corrected chi connectivity index (χ1v) is 11.4. The van der Waals surface area contributed by atoms with E-state index in [-0.39, 0.29) is 0 Å². The maximum atomic E-state index is 10.9. The molecule has 1 aromatic carbocycles. The highest BCUT2D eigenvalue weighted by atomic mass is 32.2. The first-order chi connectivity index (χ1) is 14.5. The number of benzene rings is 1. The van der Waals surface area contributed by atoms with Crippen LogP contribution in [0.2, 0.25) is 0 Å². The fraction of sp³-hybridized carbons (Fsp3) is 0.417. The molecule has 2 fully saturated rings. The summed E-state index contributed by atoms with van der Waals surface area (Å²) in [5.74, 6) is 1.27. The first-order valence-electron chi connectivity index (χ1n) is 10.5. The molecule has 0 radical (unpaired) electrons. The molecule has 1 amide bonds. The molecule has 0 unspecified atom stereocenters. The van der Waals surface area contributed by atoms with E-state index in [1.165, 1.54) is 35.5 Å². The summed E-state index contributed by atoms with van der Waals surface area (Å²) in [6.45, 7) is 3.21. The molecular formula is C24H28N2O3S. The minimum absolute atomic E-state index is 0.337. The fourth-order valence-electron chi connectivity index (χ4n) is 4.13. The SMILES string of the molecule is COc1nc(/C(=C/C2CCCC2)c2ccc(SC3CN(C(=O)O)C3)cc2)ccc1C. The molecule has 0 spiro atoms. The molecule has 2 aromatic rings. The second-order valence-corrected chi connectivity index (χ2v) is 9.47. The van der Waals surface area contributed by atoms with Crippen LogP contribution in [0, 0.1) is 12.8 Å². The normalized spacial score (nSPS) is 17.8. The molecule has 1 N–H and O–H groups in total. The third-order valence-electron chi connectivity index (χ3n) is 5.91. The summed E-state index contributed by atoms with van der Waals surface area (Å²) in [5.41, 5.74) is 4.30. The second kappa shape index (κ2) is 9.13. The van der Waals surface area contributed by atoms with Crippen molar-refractivity contribution in [2.75, 3.05) is 20.2 Å². The number of amides is 1. The minimum Gasteiger partial charge on any atom is -0.481 e. The van der Waals surface area contributed by atoms with Gasteiger partial charge in [-0.2, -0.15) is 0 Å². The van der Waals surface area contributed by atoms with Gasteiger partial charge in [-0.15, -0.1) is 11.8 Å². The van der Waals surface area contributed by atoms with Crippen molar-refractivity contribution in [2.24, 2.45) is 5.92 Å².